The fourth-order valence-electron chi connectivity index (χ4n) is 3.31. The van der Waals surface area contributed by atoms with Gasteiger partial charge in [0.2, 0.25) is 0 Å². The minimum atomic E-state index is -1.20. The number of carbonyl (C=O) groups excluding carboxylic acids is 2. The number of nitrogens with zero attached hydrogens (tertiary/aromatic N) is 1. The zero-order valence-electron chi connectivity index (χ0n) is 15.6. The molecular formula is C18H24BrNO5. The third kappa shape index (κ3) is 3.10. The number of hydroxylamine groups is 1. The van der Waals surface area contributed by atoms with Gasteiger partial charge in [0.05, 0.1) is 11.6 Å². The van der Waals surface area contributed by atoms with Crippen LogP contribution in [0, 0.1) is 11.3 Å². The SMILES string of the molecule is COc1cc(Br)c2c(c1)N(OC(C)=O)C(=O)C(C(C)C)(C(C)(C)C)O2. The van der Waals surface area contributed by atoms with Gasteiger partial charge in [-0.15, -0.1) is 5.06 Å². The van der Waals surface area contributed by atoms with Gasteiger partial charge in [-0.3, -0.25) is 4.79 Å². The molecule has 7 heteroatoms. The van der Waals surface area contributed by atoms with Gasteiger partial charge in [0.1, 0.15) is 11.4 Å². The van der Waals surface area contributed by atoms with Crippen LogP contribution >= 0.6 is 15.9 Å². The summed E-state index contributed by atoms with van der Waals surface area (Å²) in [4.78, 5) is 30.3. The maximum atomic E-state index is 13.4. The molecule has 1 heterocycles. The molecule has 0 N–H and O–H groups in total. The number of benzene rings is 1. The van der Waals surface area contributed by atoms with Crippen LogP contribution in [0.25, 0.3) is 0 Å². The molecule has 0 aromatic heterocycles. The van der Waals surface area contributed by atoms with E-state index in [1.807, 2.05) is 34.6 Å². The first-order valence-corrected chi connectivity index (χ1v) is 8.84. The van der Waals surface area contributed by atoms with Crippen molar-refractivity contribution in [2.75, 3.05) is 12.2 Å². The van der Waals surface area contributed by atoms with E-state index in [-0.39, 0.29) is 5.92 Å². The Bertz CT molecular complexity index is 710. The van der Waals surface area contributed by atoms with Gasteiger partial charge in [-0.1, -0.05) is 34.6 Å². The molecule has 0 radical (unpaired) electrons. The smallest absolute Gasteiger partial charge is 0.330 e. The van der Waals surface area contributed by atoms with Crippen molar-refractivity contribution in [3.63, 3.8) is 0 Å². The molecule has 6 nitrogen and oxygen atoms in total. The van der Waals surface area contributed by atoms with Gasteiger partial charge in [-0.05, 0) is 22.0 Å². The monoisotopic (exact) mass is 413 g/mol. The first kappa shape index (κ1) is 19.6. The lowest BCUT2D eigenvalue weighted by molar-refractivity contribution is -0.168. The molecule has 0 saturated carbocycles. The topological polar surface area (TPSA) is 65.1 Å². The Kier molecular flexibility index (Phi) is 5.10. The zero-order valence-corrected chi connectivity index (χ0v) is 17.2. The minimum absolute atomic E-state index is 0.166. The van der Waals surface area contributed by atoms with Crippen molar-refractivity contribution in [3.05, 3.63) is 16.6 Å². The minimum Gasteiger partial charge on any atom is -0.497 e. The molecule has 1 atom stereocenters. The summed E-state index contributed by atoms with van der Waals surface area (Å²) in [6.07, 6.45) is 0. The Labute approximate surface area is 156 Å². The summed E-state index contributed by atoms with van der Waals surface area (Å²) in [5.74, 6) is -0.234. The molecule has 1 unspecified atom stereocenters. The number of methoxy groups -OCH3 is 1. The van der Waals surface area contributed by atoms with E-state index in [4.69, 9.17) is 14.3 Å². The number of ether oxygens (including phenoxy) is 2. The maximum absolute atomic E-state index is 13.4. The standard InChI is InChI=1S/C18H24BrNO5/c1-10(2)18(17(4,5)6)16(22)20(25-11(3)21)14-9-12(23-7)8-13(19)15(14)24-18/h8-10H,1-7H3. The number of fused-ring (bicyclic) bond motifs is 1. The van der Waals surface area contributed by atoms with Crippen molar-refractivity contribution >= 4 is 33.5 Å². The number of carbonyl (C=O) groups is 2. The summed E-state index contributed by atoms with van der Waals surface area (Å²) < 4.78 is 12.2. The lowest BCUT2D eigenvalue weighted by Crippen LogP contribution is -2.65. The molecule has 2 rings (SSSR count). The average molecular weight is 414 g/mol. The number of hydrogen-bond acceptors (Lipinski definition) is 5. The van der Waals surface area contributed by atoms with Gasteiger partial charge in [0, 0.05) is 24.3 Å². The fraction of sp³-hybridized carbons (Fsp3) is 0.556. The largest absolute Gasteiger partial charge is 0.497 e. The van der Waals surface area contributed by atoms with Crippen molar-refractivity contribution in [1.82, 2.24) is 0 Å². The van der Waals surface area contributed by atoms with Crippen LogP contribution in [0.5, 0.6) is 11.5 Å². The van der Waals surface area contributed by atoms with E-state index in [9.17, 15) is 9.59 Å². The Balaban J connectivity index is 2.78. The number of hydrogen-bond donors (Lipinski definition) is 0. The van der Waals surface area contributed by atoms with Gasteiger partial charge in [-0.2, -0.15) is 0 Å². The van der Waals surface area contributed by atoms with Crippen molar-refractivity contribution < 1.29 is 23.9 Å². The lowest BCUT2D eigenvalue weighted by atomic mass is 9.68. The zero-order chi connectivity index (χ0) is 19.2. The second kappa shape index (κ2) is 6.52. The average Bonchev–Trinajstić information content (AvgIpc) is 2.47. The van der Waals surface area contributed by atoms with Crippen LogP contribution in [-0.2, 0) is 14.4 Å². The second-order valence-electron chi connectivity index (χ2n) is 7.38. The number of rotatable bonds is 3. The van der Waals surface area contributed by atoms with Gasteiger partial charge in [0.25, 0.3) is 0 Å². The first-order valence-electron chi connectivity index (χ1n) is 8.05. The summed E-state index contributed by atoms with van der Waals surface area (Å²) in [6.45, 7) is 10.9. The fourth-order valence-corrected chi connectivity index (χ4v) is 3.82. The Morgan fingerprint density at radius 1 is 1.32 bits per heavy atom. The van der Waals surface area contributed by atoms with E-state index >= 15 is 0 Å². The van der Waals surface area contributed by atoms with Crippen LogP contribution in [-0.4, -0.2) is 24.6 Å². The van der Waals surface area contributed by atoms with Gasteiger partial charge in [-0.25, -0.2) is 4.79 Å². The molecule has 0 saturated heterocycles. The van der Waals surface area contributed by atoms with Gasteiger partial charge >= 0.3 is 11.9 Å². The van der Waals surface area contributed by atoms with Gasteiger partial charge < -0.3 is 14.3 Å². The van der Waals surface area contributed by atoms with Crippen LogP contribution < -0.4 is 14.5 Å². The lowest BCUT2D eigenvalue weighted by Gasteiger charge is -2.50. The molecule has 0 fully saturated rings. The summed E-state index contributed by atoms with van der Waals surface area (Å²) in [7, 11) is 1.52. The summed E-state index contributed by atoms with van der Waals surface area (Å²) in [5, 5.41) is 1.03. The number of halogens is 1. The van der Waals surface area contributed by atoms with Crippen LogP contribution in [0.15, 0.2) is 16.6 Å². The van der Waals surface area contributed by atoms with Crippen molar-refractivity contribution in [2.24, 2.45) is 11.3 Å². The van der Waals surface area contributed by atoms with Crippen molar-refractivity contribution in [3.8, 4) is 11.5 Å². The third-order valence-electron chi connectivity index (χ3n) is 4.36. The molecule has 0 spiro atoms. The molecule has 25 heavy (non-hydrogen) atoms. The van der Waals surface area contributed by atoms with Crippen LogP contribution in [0.3, 0.4) is 0 Å². The van der Waals surface area contributed by atoms with E-state index in [2.05, 4.69) is 15.9 Å². The molecule has 0 aliphatic carbocycles. The Hall–Kier alpha value is -1.76. The predicted molar refractivity (Wildman–Crippen MR) is 97.6 cm³/mol. The van der Waals surface area contributed by atoms with Crippen molar-refractivity contribution in [1.29, 1.82) is 0 Å². The quantitative estimate of drug-likeness (QED) is 0.745. The van der Waals surface area contributed by atoms with E-state index < -0.39 is 22.9 Å². The summed E-state index contributed by atoms with van der Waals surface area (Å²) in [6, 6.07) is 3.35. The molecule has 1 aromatic carbocycles. The van der Waals surface area contributed by atoms with E-state index in [1.165, 1.54) is 14.0 Å². The van der Waals surface area contributed by atoms with Crippen LogP contribution in [0.4, 0.5) is 5.69 Å². The van der Waals surface area contributed by atoms with E-state index in [1.54, 1.807) is 12.1 Å². The third-order valence-corrected chi connectivity index (χ3v) is 4.95. The van der Waals surface area contributed by atoms with Crippen molar-refractivity contribution in [2.45, 2.75) is 47.1 Å². The highest BCUT2D eigenvalue weighted by atomic mass is 79.9. The second-order valence-corrected chi connectivity index (χ2v) is 8.24. The molecule has 1 amide bonds. The van der Waals surface area contributed by atoms with Crippen LogP contribution in [0.2, 0.25) is 0 Å². The highest BCUT2D eigenvalue weighted by molar-refractivity contribution is 9.10. The highest BCUT2D eigenvalue weighted by Gasteiger charge is 2.59. The molecule has 0 bridgehead atoms. The molecule has 138 valence electrons. The number of anilines is 1. The summed E-state index contributed by atoms with van der Waals surface area (Å²) in [5.41, 5.74) is -1.42. The van der Waals surface area contributed by atoms with E-state index in [0.29, 0.717) is 21.7 Å². The first-order chi connectivity index (χ1) is 11.5. The van der Waals surface area contributed by atoms with E-state index in [0.717, 1.165) is 5.06 Å². The number of amides is 1. The normalized spacial score (nSPS) is 20.2. The molecule has 1 aliphatic heterocycles. The Morgan fingerprint density at radius 2 is 1.92 bits per heavy atom. The highest BCUT2D eigenvalue weighted by Crippen LogP contribution is 2.52. The van der Waals surface area contributed by atoms with Gasteiger partial charge in [0.15, 0.2) is 11.4 Å². The molecular weight excluding hydrogens is 390 g/mol. The summed E-state index contributed by atoms with van der Waals surface area (Å²) >= 11 is 3.47. The molecule has 1 aliphatic rings. The molecule has 1 aromatic rings. The van der Waals surface area contributed by atoms with Crippen LogP contribution in [0.1, 0.15) is 41.5 Å². The maximum Gasteiger partial charge on any atom is 0.330 e. The predicted octanol–water partition coefficient (Wildman–Crippen LogP) is 4.10. The Morgan fingerprint density at radius 3 is 2.36 bits per heavy atom.